The van der Waals surface area contributed by atoms with Crippen LogP contribution < -0.4 is 0 Å². The van der Waals surface area contributed by atoms with Gasteiger partial charge in [-0.25, -0.2) is 0 Å². The Bertz CT molecular complexity index is 500. The van der Waals surface area contributed by atoms with Crippen molar-refractivity contribution < 1.29 is 23.8 Å². The molecule has 0 aromatic heterocycles. The fourth-order valence-corrected chi connectivity index (χ4v) is 4.32. The van der Waals surface area contributed by atoms with Gasteiger partial charge in [-0.1, -0.05) is 19.1 Å². The molecule has 2 saturated carbocycles. The van der Waals surface area contributed by atoms with Crippen molar-refractivity contribution in [2.75, 3.05) is 27.4 Å². The normalized spacial score (nSPS) is 36.8. The zero-order valence-electron chi connectivity index (χ0n) is 15.3. The number of Topliss-reactive ketones (excluding diaryl/α,β-unsaturated/α-hetero) is 1. The highest BCUT2D eigenvalue weighted by molar-refractivity contribution is 5.82. The molecule has 136 valence electrons. The van der Waals surface area contributed by atoms with Crippen LogP contribution in [0.3, 0.4) is 0 Å². The molecule has 0 aromatic carbocycles. The van der Waals surface area contributed by atoms with Gasteiger partial charge in [0.15, 0.2) is 0 Å². The molecule has 0 aromatic rings. The molecule has 2 aliphatic carbocycles. The average Bonchev–Trinajstić information content (AvgIpc) is 2.57. The molecule has 24 heavy (non-hydrogen) atoms. The SMILES string of the molecule is C=C1CC[C@H](OC)[C@H](COC)C(=O)C[C@@H]2[C@@H]1C[C@@]2(C)COC(C)=O. The van der Waals surface area contributed by atoms with Crippen LogP contribution in [0.2, 0.25) is 0 Å². The maximum Gasteiger partial charge on any atom is 0.302 e. The van der Waals surface area contributed by atoms with E-state index in [1.54, 1.807) is 14.2 Å². The summed E-state index contributed by atoms with van der Waals surface area (Å²) in [6, 6.07) is 0. The Labute approximate surface area is 144 Å². The lowest BCUT2D eigenvalue weighted by molar-refractivity contribution is -0.154. The molecular weight excluding hydrogens is 308 g/mol. The predicted octanol–water partition coefficient (Wildman–Crippen LogP) is 2.78. The van der Waals surface area contributed by atoms with Gasteiger partial charge in [0.25, 0.3) is 0 Å². The van der Waals surface area contributed by atoms with Crippen LogP contribution in [-0.2, 0) is 23.8 Å². The minimum absolute atomic E-state index is 0.133. The zero-order valence-corrected chi connectivity index (χ0v) is 15.3. The topological polar surface area (TPSA) is 61.8 Å². The van der Waals surface area contributed by atoms with Crippen LogP contribution in [0.4, 0.5) is 0 Å². The summed E-state index contributed by atoms with van der Waals surface area (Å²) < 4.78 is 16.1. The van der Waals surface area contributed by atoms with E-state index >= 15 is 0 Å². The number of hydrogen-bond donors (Lipinski definition) is 0. The maximum atomic E-state index is 12.9. The molecular formula is C19H30O5. The minimum Gasteiger partial charge on any atom is -0.465 e. The van der Waals surface area contributed by atoms with E-state index in [-0.39, 0.29) is 35.1 Å². The van der Waals surface area contributed by atoms with Crippen LogP contribution in [-0.4, -0.2) is 45.3 Å². The third-order valence-corrected chi connectivity index (χ3v) is 5.88. The molecule has 5 atom stereocenters. The highest BCUT2D eigenvalue weighted by atomic mass is 16.5. The van der Waals surface area contributed by atoms with Crippen LogP contribution in [0.1, 0.15) is 39.5 Å². The van der Waals surface area contributed by atoms with Crippen LogP contribution in [0.15, 0.2) is 12.2 Å². The summed E-state index contributed by atoms with van der Waals surface area (Å²) >= 11 is 0. The highest BCUT2D eigenvalue weighted by Gasteiger charge is 2.53. The standard InChI is InChI=1S/C19H30O5/c1-12-6-7-18(23-5)15(10-22-4)17(21)8-16-14(12)9-19(16,3)11-24-13(2)20/h14-16,18H,1,6-11H2,2-5H3/t14-,15-,16-,18+,19+/m1/s1. The summed E-state index contributed by atoms with van der Waals surface area (Å²) in [5, 5.41) is 0. The molecule has 0 saturated heterocycles. The molecule has 2 rings (SSSR count). The fourth-order valence-electron chi connectivity index (χ4n) is 4.32. The molecule has 0 radical (unpaired) electrons. The second-order valence-corrected chi connectivity index (χ2v) is 7.55. The Morgan fingerprint density at radius 1 is 1.38 bits per heavy atom. The Balaban J connectivity index is 2.19. The number of ether oxygens (including phenoxy) is 3. The van der Waals surface area contributed by atoms with Gasteiger partial charge >= 0.3 is 5.97 Å². The number of allylic oxidation sites excluding steroid dienone is 1. The monoisotopic (exact) mass is 338 g/mol. The quantitative estimate of drug-likeness (QED) is 0.570. The largest absolute Gasteiger partial charge is 0.465 e. The van der Waals surface area contributed by atoms with E-state index in [0.717, 1.165) is 19.3 Å². The minimum atomic E-state index is -0.274. The van der Waals surface area contributed by atoms with E-state index in [2.05, 4.69) is 13.5 Å². The lowest BCUT2D eigenvalue weighted by Crippen LogP contribution is -2.51. The van der Waals surface area contributed by atoms with Crippen molar-refractivity contribution in [3.05, 3.63) is 12.2 Å². The molecule has 5 nitrogen and oxygen atoms in total. The Kier molecular flexibility index (Phi) is 6.21. The number of rotatable bonds is 5. The van der Waals surface area contributed by atoms with Crippen molar-refractivity contribution in [1.29, 1.82) is 0 Å². The van der Waals surface area contributed by atoms with Crippen molar-refractivity contribution >= 4 is 11.8 Å². The third-order valence-electron chi connectivity index (χ3n) is 5.88. The number of ketones is 1. The van der Waals surface area contributed by atoms with Crippen molar-refractivity contribution in [1.82, 2.24) is 0 Å². The molecule has 0 N–H and O–H groups in total. The summed E-state index contributed by atoms with van der Waals surface area (Å²) in [5.41, 5.74) is 1.03. The number of methoxy groups -OCH3 is 2. The van der Waals surface area contributed by atoms with Gasteiger partial charge in [0.05, 0.1) is 25.2 Å². The Morgan fingerprint density at radius 2 is 2.08 bits per heavy atom. The second kappa shape index (κ2) is 7.79. The van der Waals surface area contributed by atoms with Crippen LogP contribution >= 0.6 is 0 Å². The van der Waals surface area contributed by atoms with Crippen LogP contribution in [0.5, 0.6) is 0 Å². The van der Waals surface area contributed by atoms with Gasteiger partial charge < -0.3 is 14.2 Å². The van der Waals surface area contributed by atoms with Gasteiger partial charge in [-0.05, 0) is 31.1 Å². The number of carbonyl (C=O) groups is 2. The lowest BCUT2D eigenvalue weighted by Gasteiger charge is -2.53. The molecule has 0 amide bonds. The van der Waals surface area contributed by atoms with Crippen LogP contribution in [0, 0.1) is 23.2 Å². The summed E-state index contributed by atoms with van der Waals surface area (Å²) in [6.07, 6.45) is 2.90. The summed E-state index contributed by atoms with van der Waals surface area (Å²) in [6.45, 7) is 8.53. The second-order valence-electron chi connectivity index (χ2n) is 7.55. The van der Waals surface area contributed by atoms with Gasteiger partial charge in [-0.3, -0.25) is 9.59 Å². The van der Waals surface area contributed by atoms with Gasteiger partial charge in [0, 0.05) is 33.0 Å². The van der Waals surface area contributed by atoms with E-state index in [4.69, 9.17) is 14.2 Å². The average molecular weight is 338 g/mol. The molecule has 5 heteroatoms. The molecule has 2 fully saturated rings. The van der Waals surface area contributed by atoms with Gasteiger partial charge in [0.1, 0.15) is 5.78 Å². The molecule has 0 spiro atoms. The zero-order chi connectivity index (χ0) is 17.9. The number of fused-ring (bicyclic) bond motifs is 1. The van der Waals surface area contributed by atoms with Crippen molar-refractivity contribution in [3.63, 3.8) is 0 Å². The lowest BCUT2D eigenvalue weighted by atomic mass is 9.51. The van der Waals surface area contributed by atoms with Crippen molar-refractivity contribution in [2.45, 2.75) is 45.6 Å². The van der Waals surface area contributed by atoms with E-state index in [1.807, 2.05) is 0 Å². The third kappa shape index (κ3) is 3.89. The fraction of sp³-hybridized carbons (Fsp3) is 0.789. The first-order valence-corrected chi connectivity index (χ1v) is 8.68. The number of hydrogen-bond acceptors (Lipinski definition) is 5. The Morgan fingerprint density at radius 3 is 2.67 bits per heavy atom. The number of esters is 1. The summed E-state index contributed by atoms with van der Waals surface area (Å²) in [5.74, 6) is 0.164. The smallest absolute Gasteiger partial charge is 0.302 e. The molecule has 2 aliphatic rings. The van der Waals surface area contributed by atoms with Crippen molar-refractivity contribution in [3.8, 4) is 0 Å². The van der Waals surface area contributed by atoms with E-state index in [9.17, 15) is 9.59 Å². The summed E-state index contributed by atoms with van der Waals surface area (Å²) in [4.78, 5) is 24.1. The van der Waals surface area contributed by atoms with E-state index in [1.165, 1.54) is 12.5 Å². The van der Waals surface area contributed by atoms with E-state index < -0.39 is 0 Å². The van der Waals surface area contributed by atoms with E-state index in [0.29, 0.717) is 25.6 Å². The predicted molar refractivity (Wildman–Crippen MR) is 90.5 cm³/mol. The number of carbonyl (C=O) groups excluding carboxylic acids is 2. The van der Waals surface area contributed by atoms with Gasteiger partial charge in [-0.15, -0.1) is 0 Å². The van der Waals surface area contributed by atoms with Crippen LogP contribution in [0.25, 0.3) is 0 Å². The van der Waals surface area contributed by atoms with Crippen molar-refractivity contribution in [2.24, 2.45) is 23.2 Å². The molecule has 0 heterocycles. The summed E-state index contributed by atoms with van der Waals surface area (Å²) in [7, 11) is 3.27. The first-order valence-electron chi connectivity index (χ1n) is 8.68. The Hall–Kier alpha value is -1.20. The molecule has 0 unspecified atom stereocenters. The first kappa shape index (κ1) is 19.1. The molecule has 0 aliphatic heterocycles. The molecule has 0 bridgehead atoms. The van der Waals surface area contributed by atoms with Gasteiger partial charge in [-0.2, -0.15) is 0 Å². The highest BCUT2D eigenvalue weighted by Crippen LogP contribution is 2.57. The van der Waals surface area contributed by atoms with Gasteiger partial charge in [0.2, 0.25) is 0 Å². The maximum absolute atomic E-state index is 12.9. The first-order chi connectivity index (χ1) is 11.3.